The molecule has 1 aliphatic rings. The van der Waals surface area contributed by atoms with Crippen LogP contribution in [0.15, 0.2) is 0 Å². The summed E-state index contributed by atoms with van der Waals surface area (Å²) in [6, 6.07) is 0. The van der Waals surface area contributed by atoms with Crippen LogP contribution in [0.2, 0.25) is 0 Å². The van der Waals surface area contributed by atoms with Crippen molar-refractivity contribution in [2.75, 3.05) is 0 Å². The Balaban J connectivity index is 3.00. The Labute approximate surface area is 163 Å². The minimum Gasteiger partial charge on any atom is -0.462 e. The van der Waals surface area contributed by atoms with Crippen molar-refractivity contribution in [3.8, 4) is 0 Å². The highest BCUT2D eigenvalue weighted by Gasteiger charge is 2.45. The minimum atomic E-state index is -0.391. The van der Waals surface area contributed by atoms with E-state index in [9.17, 15) is 4.79 Å². The third-order valence-corrected chi connectivity index (χ3v) is 6.96. The van der Waals surface area contributed by atoms with Crippen LogP contribution in [0.4, 0.5) is 0 Å². The summed E-state index contributed by atoms with van der Waals surface area (Å²) in [6.07, 6.45) is 4.28. The average molecular weight is 367 g/mol. The second kappa shape index (κ2) is 8.23. The van der Waals surface area contributed by atoms with Crippen molar-refractivity contribution in [2.24, 2.45) is 39.9 Å². The average Bonchev–Trinajstić information content (AvgIpc) is 2.44. The summed E-state index contributed by atoms with van der Waals surface area (Å²) in [7, 11) is 0. The summed E-state index contributed by atoms with van der Waals surface area (Å²) in [6.45, 7) is 24.8. The molecule has 0 spiro atoms. The molecule has 154 valence electrons. The molecule has 0 amide bonds. The predicted molar refractivity (Wildman–Crippen MR) is 112 cm³/mol. The van der Waals surface area contributed by atoms with Gasteiger partial charge >= 0.3 is 5.97 Å². The maximum atomic E-state index is 13.2. The van der Waals surface area contributed by atoms with Crippen LogP contribution in [0, 0.1) is 39.9 Å². The van der Waals surface area contributed by atoms with E-state index in [-0.39, 0.29) is 23.4 Å². The lowest BCUT2D eigenvalue weighted by Gasteiger charge is -2.47. The Morgan fingerprint density at radius 2 is 1.46 bits per heavy atom. The number of hydrogen-bond donors (Lipinski definition) is 0. The van der Waals surface area contributed by atoms with Crippen LogP contribution in [0.3, 0.4) is 0 Å². The number of esters is 1. The first-order valence-corrected chi connectivity index (χ1v) is 10.8. The van der Waals surface area contributed by atoms with Gasteiger partial charge in [-0.3, -0.25) is 4.79 Å². The van der Waals surface area contributed by atoms with Crippen molar-refractivity contribution in [1.82, 2.24) is 0 Å². The number of carbonyl (C=O) groups excluding carboxylic acids is 1. The molecule has 2 nitrogen and oxygen atoms in total. The van der Waals surface area contributed by atoms with Crippen molar-refractivity contribution in [2.45, 2.75) is 108 Å². The van der Waals surface area contributed by atoms with Gasteiger partial charge in [0.05, 0.1) is 5.41 Å². The molecule has 0 bridgehead atoms. The Hall–Kier alpha value is -0.530. The molecule has 0 radical (unpaired) electrons. The van der Waals surface area contributed by atoms with E-state index in [1.165, 1.54) is 0 Å². The second-order valence-electron chi connectivity index (χ2n) is 12.0. The van der Waals surface area contributed by atoms with E-state index in [1.807, 2.05) is 0 Å². The SMILES string of the molecule is CC(C)CC(C)(C(=O)OC1CCC(C(C)(C)C)CC1C(C)(C)C)C(C)C. The highest BCUT2D eigenvalue weighted by Crippen LogP contribution is 2.48. The van der Waals surface area contributed by atoms with Gasteiger partial charge in [0.15, 0.2) is 0 Å². The number of carbonyl (C=O) groups is 1. The Kier molecular flexibility index (Phi) is 7.44. The fourth-order valence-electron chi connectivity index (χ4n) is 4.66. The molecule has 4 atom stereocenters. The van der Waals surface area contributed by atoms with Gasteiger partial charge in [0.2, 0.25) is 0 Å². The zero-order valence-corrected chi connectivity index (χ0v) is 19.5. The molecular weight excluding hydrogens is 320 g/mol. The van der Waals surface area contributed by atoms with E-state index in [1.54, 1.807) is 0 Å². The maximum absolute atomic E-state index is 13.2. The maximum Gasteiger partial charge on any atom is 0.312 e. The lowest BCUT2D eigenvalue weighted by atomic mass is 9.62. The highest BCUT2D eigenvalue weighted by atomic mass is 16.5. The van der Waals surface area contributed by atoms with Crippen molar-refractivity contribution in [1.29, 1.82) is 0 Å². The standard InChI is InChI=1S/C24H46O2/c1-16(2)15-24(11,17(3)4)21(25)26-20-13-12-18(22(5,6)7)14-19(20)23(8,9)10/h16-20H,12-15H2,1-11H3. The molecule has 0 aromatic heterocycles. The van der Waals surface area contributed by atoms with Crippen LogP contribution in [-0.4, -0.2) is 12.1 Å². The number of ether oxygens (including phenoxy) is 1. The van der Waals surface area contributed by atoms with E-state index >= 15 is 0 Å². The largest absolute Gasteiger partial charge is 0.462 e. The van der Waals surface area contributed by atoms with Crippen LogP contribution < -0.4 is 0 Å². The van der Waals surface area contributed by atoms with Gasteiger partial charge in [-0.2, -0.15) is 0 Å². The van der Waals surface area contributed by atoms with Crippen molar-refractivity contribution >= 4 is 5.97 Å². The number of rotatable bonds is 5. The molecule has 26 heavy (non-hydrogen) atoms. The first kappa shape index (κ1) is 23.5. The van der Waals surface area contributed by atoms with E-state index in [0.717, 1.165) is 25.7 Å². The molecule has 1 saturated carbocycles. The lowest BCUT2D eigenvalue weighted by molar-refractivity contribution is -0.174. The minimum absolute atomic E-state index is 0.0228. The number of hydrogen-bond acceptors (Lipinski definition) is 2. The predicted octanol–water partition coefficient (Wildman–Crippen LogP) is 7.12. The van der Waals surface area contributed by atoms with Gasteiger partial charge in [-0.05, 0) is 61.2 Å². The highest BCUT2D eigenvalue weighted by molar-refractivity contribution is 5.77. The van der Waals surface area contributed by atoms with Gasteiger partial charge < -0.3 is 4.74 Å². The summed E-state index contributed by atoms with van der Waals surface area (Å²) in [5, 5.41) is 0. The van der Waals surface area contributed by atoms with Gasteiger partial charge in [-0.15, -0.1) is 0 Å². The van der Waals surface area contributed by atoms with Crippen LogP contribution in [0.25, 0.3) is 0 Å². The molecule has 1 aliphatic carbocycles. The molecule has 0 aromatic rings. The third-order valence-electron chi connectivity index (χ3n) is 6.96. The van der Waals surface area contributed by atoms with Crippen molar-refractivity contribution in [3.05, 3.63) is 0 Å². The monoisotopic (exact) mass is 366 g/mol. The first-order chi connectivity index (χ1) is 11.6. The fourth-order valence-corrected chi connectivity index (χ4v) is 4.66. The zero-order valence-electron chi connectivity index (χ0n) is 19.5. The van der Waals surface area contributed by atoms with Crippen LogP contribution >= 0.6 is 0 Å². The van der Waals surface area contributed by atoms with Crippen LogP contribution in [0.1, 0.15) is 102 Å². The van der Waals surface area contributed by atoms with Gasteiger partial charge in [0.1, 0.15) is 6.10 Å². The van der Waals surface area contributed by atoms with Crippen LogP contribution in [-0.2, 0) is 9.53 Å². The molecular formula is C24H46O2. The molecule has 4 unspecified atom stereocenters. The molecule has 1 fully saturated rings. The molecule has 1 rings (SSSR count). The van der Waals surface area contributed by atoms with E-state index in [2.05, 4.69) is 76.2 Å². The Bertz CT molecular complexity index is 464. The molecule has 0 aliphatic heterocycles. The summed E-state index contributed by atoms with van der Waals surface area (Å²) >= 11 is 0. The Morgan fingerprint density at radius 3 is 1.85 bits per heavy atom. The van der Waals surface area contributed by atoms with Gasteiger partial charge in [-0.1, -0.05) is 69.2 Å². The summed E-state index contributed by atoms with van der Waals surface area (Å²) in [4.78, 5) is 13.2. The van der Waals surface area contributed by atoms with Gasteiger partial charge in [0, 0.05) is 5.92 Å². The van der Waals surface area contributed by atoms with E-state index < -0.39 is 5.41 Å². The quantitative estimate of drug-likeness (QED) is 0.484. The first-order valence-electron chi connectivity index (χ1n) is 10.8. The molecule has 2 heteroatoms. The Morgan fingerprint density at radius 1 is 0.923 bits per heavy atom. The summed E-state index contributed by atoms with van der Waals surface area (Å²) in [5.41, 5.74) is 0.0845. The second-order valence-corrected chi connectivity index (χ2v) is 12.0. The summed E-state index contributed by atoms with van der Waals surface area (Å²) in [5.74, 6) is 1.93. The van der Waals surface area contributed by atoms with Crippen molar-refractivity contribution in [3.63, 3.8) is 0 Å². The zero-order chi connectivity index (χ0) is 20.5. The van der Waals surface area contributed by atoms with Crippen molar-refractivity contribution < 1.29 is 9.53 Å². The van der Waals surface area contributed by atoms with Crippen LogP contribution in [0.5, 0.6) is 0 Å². The normalized spacial score (nSPS) is 27.5. The lowest BCUT2D eigenvalue weighted by Crippen LogP contribution is -2.46. The topological polar surface area (TPSA) is 26.3 Å². The molecule has 0 saturated heterocycles. The van der Waals surface area contributed by atoms with E-state index in [4.69, 9.17) is 4.74 Å². The van der Waals surface area contributed by atoms with Gasteiger partial charge in [-0.25, -0.2) is 0 Å². The third kappa shape index (κ3) is 5.73. The van der Waals surface area contributed by atoms with E-state index in [0.29, 0.717) is 23.2 Å². The molecule has 0 heterocycles. The smallest absolute Gasteiger partial charge is 0.312 e. The van der Waals surface area contributed by atoms with Gasteiger partial charge in [0.25, 0.3) is 0 Å². The molecule has 0 aromatic carbocycles. The molecule has 0 N–H and O–H groups in total. The fraction of sp³-hybridized carbons (Fsp3) is 0.958. The summed E-state index contributed by atoms with van der Waals surface area (Å²) < 4.78 is 6.28.